The number of hydrogen-bond donors (Lipinski definition) is 1. The standard InChI is InChI=1S/C24H35N3O3/c1-18-4-2-5-20(16-18)23(28)25-11-13-27(21-9-14-30-15-10-21)22-6-3-12-26(17-22)24(29)19-7-8-19/h2,4-5,16,19,21-22H,3,6-15,17H2,1H3,(H,25,28). The molecule has 0 spiro atoms. The molecular formula is C24H35N3O3. The number of carbonyl (C=O) groups excluding carboxylic acids is 2. The molecular weight excluding hydrogens is 378 g/mol. The van der Waals surface area contributed by atoms with Crippen LogP contribution in [0.4, 0.5) is 0 Å². The smallest absolute Gasteiger partial charge is 0.251 e. The normalized spacial score (nSPS) is 22.9. The third-order valence-electron chi connectivity index (χ3n) is 6.70. The first-order valence-corrected chi connectivity index (χ1v) is 11.6. The first-order chi connectivity index (χ1) is 14.6. The van der Waals surface area contributed by atoms with Gasteiger partial charge in [-0.1, -0.05) is 17.7 Å². The van der Waals surface area contributed by atoms with E-state index in [0.717, 1.165) is 76.9 Å². The van der Waals surface area contributed by atoms with Gasteiger partial charge in [0.2, 0.25) is 5.91 Å². The first kappa shape index (κ1) is 21.3. The van der Waals surface area contributed by atoms with E-state index in [1.165, 1.54) is 0 Å². The van der Waals surface area contributed by atoms with Gasteiger partial charge in [0.15, 0.2) is 0 Å². The zero-order valence-electron chi connectivity index (χ0n) is 18.1. The van der Waals surface area contributed by atoms with E-state index in [-0.39, 0.29) is 11.8 Å². The van der Waals surface area contributed by atoms with E-state index in [2.05, 4.69) is 15.1 Å². The molecule has 1 atom stereocenters. The van der Waals surface area contributed by atoms with Crippen LogP contribution in [0, 0.1) is 12.8 Å². The summed E-state index contributed by atoms with van der Waals surface area (Å²) < 4.78 is 5.59. The van der Waals surface area contributed by atoms with Gasteiger partial charge >= 0.3 is 0 Å². The van der Waals surface area contributed by atoms with Crippen molar-refractivity contribution in [1.82, 2.24) is 15.1 Å². The van der Waals surface area contributed by atoms with Crippen molar-refractivity contribution in [3.8, 4) is 0 Å². The highest BCUT2D eigenvalue weighted by Gasteiger charge is 2.37. The van der Waals surface area contributed by atoms with Crippen molar-refractivity contribution in [3.63, 3.8) is 0 Å². The second-order valence-electron chi connectivity index (χ2n) is 9.06. The molecule has 1 aromatic carbocycles. The Balaban J connectivity index is 1.37. The second-order valence-corrected chi connectivity index (χ2v) is 9.06. The van der Waals surface area contributed by atoms with Crippen molar-refractivity contribution in [3.05, 3.63) is 35.4 Å². The highest BCUT2D eigenvalue weighted by molar-refractivity contribution is 5.94. The van der Waals surface area contributed by atoms with Crippen LogP contribution >= 0.6 is 0 Å². The van der Waals surface area contributed by atoms with Crippen LogP contribution in [0.5, 0.6) is 0 Å². The molecule has 0 bridgehead atoms. The molecule has 3 aliphatic rings. The average Bonchev–Trinajstić information content (AvgIpc) is 3.62. The molecule has 2 aliphatic heterocycles. The van der Waals surface area contributed by atoms with Gasteiger partial charge in [0, 0.05) is 63.0 Å². The van der Waals surface area contributed by atoms with E-state index in [0.29, 0.717) is 30.1 Å². The number of nitrogens with one attached hydrogen (secondary N) is 1. The van der Waals surface area contributed by atoms with Crippen molar-refractivity contribution in [1.29, 1.82) is 0 Å². The predicted octanol–water partition coefficient (Wildman–Crippen LogP) is 2.61. The minimum atomic E-state index is -0.0141. The van der Waals surface area contributed by atoms with E-state index >= 15 is 0 Å². The van der Waals surface area contributed by atoms with Crippen molar-refractivity contribution >= 4 is 11.8 Å². The molecule has 6 heteroatoms. The van der Waals surface area contributed by atoms with E-state index in [9.17, 15) is 9.59 Å². The van der Waals surface area contributed by atoms with Gasteiger partial charge in [-0.25, -0.2) is 0 Å². The van der Waals surface area contributed by atoms with Gasteiger partial charge in [-0.2, -0.15) is 0 Å². The maximum Gasteiger partial charge on any atom is 0.251 e. The summed E-state index contributed by atoms with van der Waals surface area (Å²) in [5.74, 6) is 0.632. The van der Waals surface area contributed by atoms with Crippen LogP contribution < -0.4 is 5.32 Å². The Morgan fingerprint density at radius 1 is 1.13 bits per heavy atom. The molecule has 1 saturated carbocycles. The Bertz CT molecular complexity index is 743. The van der Waals surface area contributed by atoms with Gasteiger partial charge in [0.05, 0.1) is 0 Å². The molecule has 2 saturated heterocycles. The Hall–Kier alpha value is -1.92. The minimum absolute atomic E-state index is 0.0141. The average molecular weight is 414 g/mol. The lowest BCUT2D eigenvalue weighted by Crippen LogP contribution is -2.55. The summed E-state index contributed by atoms with van der Waals surface area (Å²) in [7, 11) is 0. The van der Waals surface area contributed by atoms with Gasteiger partial charge in [-0.15, -0.1) is 0 Å². The summed E-state index contributed by atoms with van der Waals surface area (Å²) in [4.78, 5) is 29.8. The van der Waals surface area contributed by atoms with E-state index < -0.39 is 0 Å². The second kappa shape index (κ2) is 9.92. The summed E-state index contributed by atoms with van der Waals surface area (Å²) >= 11 is 0. The SMILES string of the molecule is Cc1cccc(C(=O)NCCN(C2CCOCC2)C2CCCN(C(=O)C3CC3)C2)c1. The fourth-order valence-electron chi connectivity index (χ4n) is 4.88. The topological polar surface area (TPSA) is 61.9 Å². The number of carbonyl (C=O) groups is 2. The number of amides is 2. The number of likely N-dealkylation sites (tertiary alicyclic amines) is 1. The molecule has 2 amide bonds. The largest absolute Gasteiger partial charge is 0.381 e. The Morgan fingerprint density at radius 2 is 1.93 bits per heavy atom. The van der Waals surface area contributed by atoms with Crippen LogP contribution in [0.15, 0.2) is 24.3 Å². The predicted molar refractivity (Wildman–Crippen MR) is 116 cm³/mol. The van der Waals surface area contributed by atoms with Gasteiger partial charge in [-0.05, 0) is 57.6 Å². The van der Waals surface area contributed by atoms with Gasteiger partial charge in [-0.3, -0.25) is 14.5 Å². The summed E-state index contributed by atoms with van der Waals surface area (Å²) in [6, 6.07) is 8.55. The Morgan fingerprint density at radius 3 is 2.67 bits per heavy atom. The summed E-state index contributed by atoms with van der Waals surface area (Å²) in [6.45, 7) is 6.77. The maximum atomic E-state index is 12.6. The monoisotopic (exact) mass is 413 g/mol. The van der Waals surface area contributed by atoms with Gasteiger partial charge in [0.25, 0.3) is 5.91 Å². The molecule has 2 heterocycles. The Kier molecular flexibility index (Phi) is 7.05. The molecule has 1 N–H and O–H groups in total. The molecule has 1 aliphatic carbocycles. The Labute approximate surface area is 179 Å². The highest BCUT2D eigenvalue weighted by atomic mass is 16.5. The molecule has 1 unspecified atom stereocenters. The van der Waals surface area contributed by atoms with Gasteiger partial charge < -0.3 is 15.0 Å². The van der Waals surface area contributed by atoms with Gasteiger partial charge in [0.1, 0.15) is 0 Å². The summed E-state index contributed by atoms with van der Waals surface area (Å²) in [6.07, 6.45) is 6.37. The zero-order valence-corrected chi connectivity index (χ0v) is 18.1. The van der Waals surface area contributed by atoms with Crippen LogP contribution in [-0.4, -0.2) is 73.1 Å². The van der Waals surface area contributed by atoms with Crippen molar-refractivity contribution in [2.45, 2.75) is 57.5 Å². The van der Waals surface area contributed by atoms with Crippen molar-refractivity contribution in [2.24, 2.45) is 5.92 Å². The molecule has 6 nitrogen and oxygen atoms in total. The number of ether oxygens (including phenoxy) is 1. The van der Waals surface area contributed by atoms with Crippen LogP contribution in [0.3, 0.4) is 0 Å². The molecule has 1 aromatic rings. The number of nitrogens with zero attached hydrogens (tertiary/aromatic N) is 2. The lowest BCUT2D eigenvalue weighted by molar-refractivity contribution is -0.135. The van der Waals surface area contributed by atoms with E-state index in [1.54, 1.807) is 0 Å². The summed E-state index contributed by atoms with van der Waals surface area (Å²) in [5, 5.41) is 3.10. The first-order valence-electron chi connectivity index (χ1n) is 11.6. The zero-order chi connectivity index (χ0) is 20.9. The molecule has 0 radical (unpaired) electrons. The van der Waals surface area contributed by atoms with Crippen molar-refractivity contribution < 1.29 is 14.3 Å². The number of benzene rings is 1. The van der Waals surface area contributed by atoms with Crippen molar-refractivity contribution in [2.75, 3.05) is 39.4 Å². The molecule has 0 aromatic heterocycles. The van der Waals surface area contributed by atoms with Crippen LogP contribution in [0.1, 0.15) is 54.4 Å². The molecule has 3 fully saturated rings. The third kappa shape index (κ3) is 5.41. The number of rotatable bonds is 7. The van der Waals surface area contributed by atoms with Crippen LogP contribution in [0.25, 0.3) is 0 Å². The van der Waals surface area contributed by atoms with E-state index in [4.69, 9.17) is 4.74 Å². The molecule has 164 valence electrons. The third-order valence-corrected chi connectivity index (χ3v) is 6.70. The number of hydrogen-bond acceptors (Lipinski definition) is 4. The molecule has 30 heavy (non-hydrogen) atoms. The number of piperidine rings is 1. The van der Waals surface area contributed by atoms with Crippen LogP contribution in [-0.2, 0) is 9.53 Å². The lowest BCUT2D eigenvalue weighted by Gasteiger charge is -2.44. The lowest BCUT2D eigenvalue weighted by atomic mass is 9.98. The maximum absolute atomic E-state index is 12.6. The fourth-order valence-corrected chi connectivity index (χ4v) is 4.88. The quantitative estimate of drug-likeness (QED) is 0.746. The fraction of sp³-hybridized carbons (Fsp3) is 0.667. The number of aryl methyl sites for hydroxylation is 1. The van der Waals surface area contributed by atoms with E-state index in [1.807, 2.05) is 31.2 Å². The van der Waals surface area contributed by atoms with Crippen LogP contribution in [0.2, 0.25) is 0 Å². The summed E-state index contributed by atoms with van der Waals surface area (Å²) in [5.41, 5.74) is 1.81. The highest BCUT2D eigenvalue weighted by Crippen LogP contribution is 2.32. The minimum Gasteiger partial charge on any atom is -0.381 e. The molecule has 4 rings (SSSR count).